The van der Waals surface area contributed by atoms with E-state index in [2.05, 4.69) is 0 Å². The second-order valence-electron chi connectivity index (χ2n) is 5.16. The van der Waals surface area contributed by atoms with Crippen LogP contribution in [0.5, 0.6) is 11.5 Å². The van der Waals surface area contributed by atoms with E-state index >= 15 is 0 Å². The van der Waals surface area contributed by atoms with Gasteiger partial charge in [0.25, 0.3) is 0 Å². The zero-order valence-electron chi connectivity index (χ0n) is 10.6. The van der Waals surface area contributed by atoms with E-state index in [4.69, 9.17) is 9.47 Å². The number of hydrogen-bond donors (Lipinski definition) is 0. The quantitative estimate of drug-likeness (QED) is 0.714. The van der Waals surface area contributed by atoms with Gasteiger partial charge >= 0.3 is 0 Å². The average molecular weight is 254 g/mol. The number of fused-ring (bicyclic) bond motifs is 4. The number of allylic oxidation sites excluding steroid dienone is 3. The predicted molar refractivity (Wildman–Crippen MR) is 70.4 cm³/mol. The van der Waals surface area contributed by atoms with Crippen molar-refractivity contribution < 1.29 is 14.3 Å². The molecule has 0 fully saturated rings. The molecular formula is C16H14O3. The molecule has 19 heavy (non-hydrogen) atoms. The molecule has 0 unspecified atom stereocenters. The van der Waals surface area contributed by atoms with E-state index in [1.807, 2.05) is 18.2 Å². The van der Waals surface area contributed by atoms with Crippen LogP contribution in [0.3, 0.4) is 0 Å². The highest BCUT2D eigenvalue weighted by molar-refractivity contribution is 5.93. The molecular weight excluding hydrogens is 240 g/mol. The SMILES string of the molecule is O=C1C=C2Oc3ccc4c(c3CC2=CC1)CCCO4. The first-order valence-electron chi connectivity index (χ1n) is 6.70. The second-order valence-corrected chi connectivity index (χ2v) is 5.16. The van der Waals surface area contributed by atoms with Crippen LogP contribution < -0.4 is 9.47 Å². The van der Waals surface area contributed by atoms with E-state index in [1.165, 1.54) is 11.1 Å². The molecule has 1 aliphatic carbocycles. The molecule has 96 valence electrons. The average Bonchev–Trinajstić information content (AvgIpc) is 2.45. The molecule has 0 radical (unpaired) electrons. The lowest BCUT2D eigenvalue weighted by Gasteiger charge is -2.28. The first-order valence-corrected chi connectivity index (χ1v) is 6.70. The number of benzene rings is 1. The lowest BCUT2D eigenvalue weighted by atomic mass is 9.89. The van der Waals surface area contributed by atoms with Crippen molar-refractivity contribution in [2.75, 3.05) is 6.61 Å². The fourth-order valence-corrected chi connectivity index (χ4v) is 2.97. The van der Waals surface area contributed by atoms with E-state index < -0.39 is 0 Å². The number of ketones is 1. The van der Waals surface area contributed by atoms with Crippen LogP contribution in [-0.4, -0.2) is 12.4 Å². The van der Waals surface area contributed by atoms with Gasteiger partial charge in [-0.3, -0.25) is 4.79 Å². The Labute approximate surface area is 111 Å². The van der Waals surface area contributed by atoms with Crippen molar-refractivity contribution in [3.05, 3.63) is 46.7 Å². The molecule has 0 amide bonds. The molecule has 0 saturated heterocycles. The lowest BCUT2D eigenvalue weighted by molar-refractivity contribution is -0.114. The summed E-state index contributed by atoms with van der Waals surface area (Å²) in [7, 11) is 0. The van der Waals surface area contributed by atoms with E-state index in [0.29, 0.717) is 6.42 Å². The molecule has 0 saturated carbocycles. The minimum absolute atomic E-state index is 0.114. The molecule has 3 heteroatoms. The van der Waals surface area contributed by atoms with E-state index in [1.54, 1.807) is 6.08 Å². The largest absolute Gasteiger partial charge is 0.493 e. The summed E-state index contributed by atoms with van der Waals surface area (Å²) in [6, 6.07) is 3.93. The first kappa shape index (κ1) is 10.9. The normalized spacial score (nSPS) is 20.1. The van der Waals surface area contributed by atoms with Crippen molar-refractivity contribution in [1.29, 1.82) is 0 Å². The number of carbonyl (C=O) groups excluding carboxylic acids is 1. The molecule has 0 bridgehead atoms. The number of rotatable bonds is 0. The van der Waals surface area contributed by atoms with Gasteiger partial charge in [-0.25, -0.2) is 0 Å². The van der Waals surface area contributed by atoms with Crippen molar-refractivity contribution in [2.45, 2.75) is 25.7 Å². The van der Waals surface area contributed by atoms with Crippen molar-refractivity contribution in [3.63, 3.8) is 0 Å². The molecule has 1 aromatic rings. The fraction of sp³-hybridized carbons (Fsp3) is 0.312. The van der Waals surface area contributed by atoms with E-state index in [9.17, 15) is 4.79 Å². The summed E-state index contributed by atoms with van der Waals surface area (Å²) >= 11 is 0. The summed E-state index contributed by atoms with van der Waals surface area (Å²) in [5.74, 6) is 2.71. The van der Waals surface area contributed by atoms with Gasteiger partial charge < -0.3 is 9.47 Å². The van der Waals surface area contributed by atoms with Crippen LogP contribution in [0.15, 0.2) is 35.6 Å². The standard InChI is InChI=1S/C16H14O3/c17-11-4-3-10-8-13-12-2-1-7-18-14(12)5-6-15(13)19-16(10)9-11/h3,5-6,9H,1-2,4,7-8H2. The predicted octanol–water partition coefficient (Wildman–Crippen LogP) is 2.73. The summed E-state index contributed by atoms with van der Waals surface area (Å²) in [6.07, 6.45) is 7.05. The van der Waals surface area contributed by atoms with Gasteiger partial charge in [-0.1, -0.05) is 6.08 Å². The van der Waals surface area contributed by atoms with E-state index in [-0.39, 0.29) is 5.78 Å². The van der Waals surface area contributed by atoms with Crippen LogP contribution in [0, 0.1) is 0 Å². The molecule has 0 N–H and O–H groups in total. The third kappa shape index (κ3) is 1.69. The zero-order chi connectivity index (χ0) is 12.8. The lowest BCUT2D eigenvalue weighted by Crippen LogP contribution is -2.19. The van der Waals surface area contributed by atoms with Crippen molar-refractivity contribution in [1.82, 2.24) is 0 Å². The Kier molecular flexibility index (Phi) is 2.28. The molecule has 2 aliphatic heterocycles. The maximum Gasteiger partial charge on any atom is 0.163 e. The van der Waals surface area contributed by atoms with Crippen LogP contribution in [0.25, 0.3) is 0 Å². The van der Waals surface area contributed by atoms with E-state index in [0.717, 1.165) is 48.7 Å². The topological polar surface area (TPSA) is 35.5 Å². The van der Waals surface area contributed by atoms with Crippen molar-refractivity contribution in [3.8, 4) is 11.5 Å². The fourth-order valence-electron chi connectivity index (χ4n) is 2.97. The van der Waals surface area contributed by atoms with Gasteiger partial charge in [-0.15, -0.1) is 0 Å². The smallest absolute Gasteiger partial charge is 0.163 e. The maximum absolute atomic E-state index is 11.4. The Morgan fingerprint density at radius 1 is 1.11 bits per heavy atom. The number of hydrogen-bond acceptors (Lipinski definition) is 3. The Morgan fingerprint density at radius 2 is 2.00 bits per heavy atom. The minimum Gasteiger partial charge on any atom is -0.493 e. The third-order valence-electron chi connectivity index (χ3n) is 3.92. The van der Waals surface area contributed by atoms with Gasteiger partial charge in [0.1, 0.15) is 17.3 Å². The summed E-state index contributed by atoms with van der Waals surface area (Å²) in [6.45, 7) is 0.801. The minimum atomic E-state index is 0.114. The Hall–Kier alpha value is -2.03. The molecule has 1 aromatic carbocycles. The molecule has 0 aromatic heterocycles. The van der Waals surface area contributed by atoms with Gasteiger partial charge in [0.2, 0.25) is 0 Å². The van der Waals surface area contributed by atoms with Gasteiger partial charge in [0.15, 0.2) is 5.78 Å². The Morgan fingerprint density at radius 3 is 2.95 bits per heavy atom. The zero-order valence-corrected chi connectivity index (χ0v) is 10.6. The summed E-state index contributed by atoms with van der Waals surface area (Å²) in [5.41, 5.74) is 3.64. The Balaban J connectivity index is 1.83. The third-order valence-corrected chi connectivity index (χ3v) is 3.92. The summed E-state index contributed by atoms with van der Waals surface area (Å²) in [4.78, 5) is 11.4. The molecule has 2 heterocycles. The summed E-state index contributed by atoms with van der Waals surface area (Å²) < 4.78 is 11.6. The number of ether oxygens (including phenoxy) is 2. The molecule has 0 atom stereocenters. The summed E-state index contributed by atoms with van der Waals surface area (Å²) in [5, 5.41) is 0. The Bertz CT molecular complexity index is 638. The van der Waals surface area contributed by atoms with Crippen molar-refractivity contribution >= 4 is 5.78 Å². The molecule has 4 rings (SSSR count). The maximum atomic E-state index is 11.4. The van der Waals surface area contributed by atoms with Crippen LogP contribution in [0.2, 0.25) is 0 Å². The first-order chi connectivity index (χ1) is 9.31. The van der Waals surface area contributed by atoms with Gasteiger partial charge in [0, 0.05) is 30.0 Å². The molecule has 3 aliphatic rings. The van der Waals surface area contributed by atoms with Gasteiger partial charge in [0.05, 0.1) is 6.61 Å². The highest BCUT2D eigenvalue weighted by Crippen LogP contribution is 2.41. The van der Waals surface area contributed by atoms with Crippen molar-refractivity contribution in [2.24, 2.45) is 0 Å². The van der Waals surface area contributed by atoms with Crippen LogP contribution >= 0.6 is 0 Å². The molecule has 3 nitrogen and oxygen atoms in total. The highest BCUT2D eigenvalue weighted by atomic mass is 16.5. The highest BCUT2D eigenvalue weighted by Gasteiger charge is 2.27. The molecule has 0 spiro atoms. The van der Waals surface area contributed by atoms with Crippen LogP contribution in [0.4, 0.5) is 0 Å². The second kappa shape index (κ2) is 3.98. The van der Waals surface area contributed by atoms with Gasteiger partial charge in [-0.05, 0) is 30.5 Å². The van der Waals surface area contributed by atoms with Gasteiger partial charge in [-0.2, -0.15) is 0 Å². The number of carbonyl (C=O) groups is 1. The van der Waals surface area contributed by atoms with Crippen LogP contribution in [0.1, 0.15) is 24.0 Å². The van der Waals surface area contributed by atoms with Crippen LogP contribution in [-0.2, 0) is 17.6 Å². The monoisotopic (exact) mass is 254 g/mol.